The van der Waals surface area contributed by atoms with E-state index in [9.17, 15) is 19.7 Å². The first-order chi connectivity index (χ1) is 14.8. The Bertz CT molecular complexity index is 962. The number of hydrogen-bond donors (Lipinski definition) is 0. The van der Waals surface area contributed by atoms with E-state index in [1.54, 1.807) is 28.9 Å². The maximum atomic E-state index is 13.0. The van der Waals surface area contributed by atoms with Crippen LogP contribution in [0, 0.1) is 17.0 Å². The molecule has 2 aromatic rings. The number of non-ortho nitro benzene ring substituents is 1. The molecule has 1 aromatic carbocycles. The molecule has 1 aromatic heterocycles. The van der Waals surface area contributed by atoms with Gasteiger partial charge in [-0.05, 0) is 26.8 Å². The van der Waals surface area contributed by atoms with E-state index in [0.717, 1.165) is 0 Å². The van der Waals surface area contributed by atoms with Gasteiger partial charge in [0.25, 0.3) is 11.6 Å². The molecule has 166 valence electrons. The van der Waals surface area contributed by atoms with Crippen molar-refractivity contribution in [1.29, 1.82) is 0 Å². The summed E-state index contributed by atoms with van der Waals surface area (Å²) in [4.78, 5) is 41.4. The maximum absolute atomic E-state index is 13.0. The largest absolute Gasteiger partial charge is 0.342 e. The molecule has 1 saturated heterocycles. The predicted octanol–water partition coefficient (Wildman–Crippen LogP) is 1.11. The fourth-order valence-electron chi connectivity index (χ4n) is 3.64. The lowest BCUT2D eigenvalue weighted by Crippen LogP contribution is -2.51. The second-order valence-electron chi connectivity index (χ2n) is 7.35. The zero-order valence-corrected chi connectivity index (χ0v) is 18.0. The van der Waals surface area contributed by atoms with E-state index in [1.807, 2.05) is 13.8 Å². The molecule has 0 N–H and O–H groups in total. The molecule has 2 heterocycles. The van der Waals surface area contributed by atoms with E-state index >= 15 is 0 Å². The third-order valence-electron chi connectivity index (χ3n) is 5.52. The quantitative estimate of drug-likeness (QED) is 0.478. The number of hydrogen-bond acceptors (Lipinski definition) is 7. The molecule has 0 bridgehead atoms. The Hall–Kier alpha value is -3.34. The molecule has 0 saturated carbocycles. The van der Waals surface area contributed by atoms with E-state index in [-0.39, 0.29) is 23.2 Å². The van der Waals surface area contributed by atoms with E-state index < -0.39 is 4.92 Å². The van der Waals surface area contributed by atoms with Gasteiger partial charge in [0.2, 0.25) is 5.91 Å². The van der Waals surface area contributed by atoms with Gasteiger partial charge in [-0.25, -0.2) is 4.68 Å². The molecule has 0 spiro atoms. The van der Waals surface area contributed by atoms with Crippen LogP contribution in [-0.4, -0.2) is 92.2 Å². The number of nitrogens with zero attached hydrogens (tertiary/aromatic N) is 7. The molecule has 0 aliphatic carbocycles. The SMILES string of the molecule is CCN(CC)C(=O)CN1CCN(C(=O)c2nnn(-c3cccc([N+](=O)[O-])c3)c2C)CC1. The standard InChI is InChI=1S/C20H27N7O4/c1-4-24(5-2)18(28)14-23-9-11-25(12-10-23)20(29)19-15(3)26(22-21-19)16-7-6-8-17(13-16)27(30)31/h6-8,13H,4-5,9-12,14H2,1-3H3. The normalized spacial score (nSPS) is 14.5. The topological polar surface area (TPSA) is 118 Å². The molecular weight excluding hydrogens is 402 g/mol. The fraction of sp³-hybridized carbons (Fsp3) is 0.500. The van der Waals surface area contributed by atoms with Gasteiger partial charge in [0, 0.05) is 51.4 Å². The van der Waals surface area contributed by atoms with Gasteiger partial charge in [0.05, 0.1) is 22.8 Å². The van der Waals surface area contributed by atoms with Gasteiger partial charge >= 0.3 is 0 Å². The van der Waals surface area contributed by atoms with Gasteiger partial charge in [-0.2, -0.15) is 0 Å². The minimum absolute atomic E-state index is 0.0596. The van der Waals surface area contributed by atoms with Crippen molar-refractivity contribution in [3.05, 3.63) is 45.8 Å². The van der Waals surface area contributed by atoms with Gasteiger partial charge in [0.1, 0.15) is 0 Å². The summed E-state index contributed by atoms with van der Waals surface area (Å²) in [6.45, 7) is 9.56. The molecule has 11 nitrogen and oxygen atoms in total. The Kier molecular flexibility index (Phi) is 6.95. The Morgan fingerprint density at radius 3 is 2.45 bits per heavy atom. The summed E-state index contributed by atoms with van der Waals surface area (Å²) in [5.74, 6) is -0.135. The van der Waals surface area contributed by atoms with Crippen LogP contribution in [0.5, 0.6) is 0 Å². The van der Waals surface area contributed by atoms with E-state index in [0.29, 0.717) is 57.2 Å². The van der Waals surface area contributed by atoms with Gasteiger partial charge in [-0.3, -0.25) is 24.6 Å². The fourth-order valence-corrected chi connectivity index (χ4v) is 3.64. The molecule has 31 heavy (non-hydrogen) atoms. The summed E-state index contributed by atoms with van der Waals surface area (Å²) in [6.07, 6.45) is 0. The van der Waals surface area contributed by atoms with Gasteiger partial charge in [-0.15, -0.1) is 5.10 Å². The summed E-state index contributed by atoms with van der Waals surface area (Å²) in [6, 6.07) is 6.03. The summed E-state index contributed by atoms with van der Waals surface area (Å²) >= 11 is 0. The number of carbonyl (C=O) groups is 2. The second-order valence-corrected chi connectivity index (χ2v) is 7.35. The Balaban J connectivity index is 1.65. The van der Waals surface area contributed by atoms with Crippen LogP contribution >= 0.6 is 0 Å². The lowest BCUT2D eigenvalue weighted by atomic mass is 10.2. The third-order valence-corrected chi connectivity index (χ3v) is 5.52. The Morgan fingerprint density at radius 1 is 1.16 bits per heavy atom. The van der Waals surface area contributed by atoms with E-state index in [2.05, 4.69) is 15.2 Å². The second kappa shape index (κ2) is 9.65. The predicted molar refractivity (Wildman–Crippen MR) is 113 cm³/mol. The van der Waals surface area contributed by atoms with Gasteiger partial charge in [0.15, 0.2) is 5.69 Å². The number of nitro benzene ring substituents is 1. The highest BCUT2D eigenvalue weighted by atomic mass is 16.6. The van der Waals surface area contributed by atoms with Gasteiger partial charge < -0.3 is 9.80 Å². The average Bonchev–Trinajstić information content (AvgIpc) is 3.16. The van der Waals surface area contributed by atoms with E-state index in [1.165, 1.54) is 16.8 Å². The number of carbonyl (C=O) groups excluding carboxylic acids is 2. The Labute approximate surface area is 180 Å². The van der Waals surface area contributed by atoms with Crippen molar-refractivity contribution in [1.82, 2.24) is 29.7 Å². The van der Waals surface area contributed by atoms with Crippen LogP contribution in [-0.2, 0) is 4.79 Å². The van der Waals surface area contributed by atoms with Crippen LogP contribution in [0.25, 0.3) is 5.69 Å². The van der Waals surface area contributed by atoms with Crippen molar-refractivity contribution < 1.29 is 14.5 Å². The minimum Gasteiger partial charge on any atom is -0.342 e. The van der Waals surface area contributed by atoms with Crippen LogP contribution in [0.3, 0.4) is 0 Å². The summed E-state index contributed by atoms with van der Waals surface area (Å²) < 4.78 is 1.43. The molecule has 2 amide bonds. The highest BCUT2D eigenvalue weighted by molar-refractivity contribution is 5.93. The maximum Gasteiger partial charge on any atom is 0.276 e. The van der Waals surface area contributed by atoms with Crippen LogP contribution in [0.15, 0.2) is 24.3 Å². The number of aromatic nitrogens is 3. The smallest absolute Gasteiger partial charge is 0.276 e. The van der Waals surface area contributed by atoms with Crippen molar-refractivity contribution in [3.63, 3.8) is 0 Å². The van der Waals surface area contributed by atoms with Crippen LogP contribution in [0.2, 0.25) is 0 Å². The molecular formula is C20H27N7O4. The number of piperazine rings is 1. The number of benzene rings is 1. The van der Waals surface area contributed by atoms with Crippen LogP contribution < -0.4 is 0 Å². The summed E-state index contributed by atoms with van der Waals surface area (Å²) in [7, 11) is 0. The molecule has 0 unspecified atom stereocenters. The van der Waals surface area contributed by atoms with Crippen molar-refractivity contribution in [2.45, 2.75) is 20.8 Å². The third kappa shape index (κ3) is 4.88. The Morgan fingerprint density at radius 2 is 1.84 bits per heavy atom. The lowest BCUT2D eigenvalue weighted by Gasteiger charge is -2.35. The molecule has 1 aliphatic rings. The van der Waals surface area contributed by atoms with Crippen molar-refractivity contribution in [3.8, 4) is 5.69 Å². The zero-order chi connectivity index (χ0) is 22.5. The lowest BCUT2D eigenvalue weighted by molar-refractivity contribution is -0.384. The molecule has 0 atom stereocenters. The highest BCUT2D eigenvalue weighted by Crippen LogP contribution is 2.19. The number of nitro groups is 1. The number of rotatable bonds is 7. The zero-order valence-electron chi connectivity index (χ0n) is 18.0. The molecule has 0 radical (unpaired) electrons. The van der Waals surface area contributed by atoms with Crippen LogP contribution in [0.4, 0.5) is 5.69 Å². The van der Waals surface area contributed by atoms with Crippen molar-refractivity contribution in [2.24, 2.45) is 0 Å². The summed E-state index contributed by atoms with van der Waals surface area (Å²) in [5.41, 5.74) is 1.15. The monoisotopic (exact) mass is 429 g/mol. The minimum atomic E-state index is -0.480. The first-order valence-electron chi connectivity index (χ1n) is 10.3. The van der Waals surface area contributed by atoms with Crippen LogP contribution in [0.1, 0.15) is 30.0 Å². The molecule has 3 rings (SSSR count). The molecule has 1 aliphatic heterocycles. The first-order valence-corrected chi connectivity index (χ1v) is 10.3. The van der Waals surface area contributed by atoms with Gasteiger partial charge in [-0.1, -0.05) is 11.3 Å². The average molecular weight is 429 g/mol. The molecule has 11 heteroatoms. The highest BCUT2D eigenvalue weighted by Gasteiger charge is 2.27. The first kappa shape index (κ1) is 22.3. The molecule has 1 fully saturated rings. The number of likely N-dealkylation sites (N-methyl/N-ethyl adjacent to an activating group) is 1. The van der Waals surface area contributed by atoms with Crippen molar-refractivity contribution in [2.75, 3.05) is 45.8 Å². The van der Waals surface area contributed by atoms with Crippen molar-refractivity contribution >= 4 is 17.5 Å². The summed E-state index contributed by atoms with van der Waals surface area (Å²) in [5, 5.41) is 19.1. The van der Waals surface area contributed by atoms with E-state index in [4.69, 9.17) is 0 Å². The number of amides is 2.